The van der Waals surface area contributed by atoms with Crippen LogP contribution in [0, 0.1) is 0 Å². The van der Waals surface area contributed by atoms with Gasteiger partial charge in [0.1, 0.15) is 5.75 Å². The summed E-state index contributed by atoms with van der Waals surface area (Å²) in [4.78, 5) is 0. The molecule has 0 saturated heterocycles. The molecule has 1 saturated carbocycles. The van der Waals surface area contributed by atoms with E-state index in [1.807, 2.05) is 38.1 Å². The summed E-state index contributed by atoms with van der Waals surface area (Å²) >= 11 is 0. The van der Waals surface area contributed by atoms with E-state index in [1.54, 1.807) is 0 Å². The first kappa shape index (κ1) is 13.4. The molecule has 0 amide bonds. The lowest BCUT2D eigenvalue weighted by Crippen LogP contribution is -2.36. The SMILES string of the molecule is CC(C)Oc1ccc(C2(O)CCC(N)CC2)cc1. The van der Waals surface area contributed by atoms with Gasteiger partial charge in [-0.1, -0.05) is 12.1 Å². The minimum absolute atomic E-state index is 0.173. The van der Waals surface area contributed by atoms with Crippen molar-refractivity contribution >= 4 is 0 Å². The maximum atomic E-state index is 10.6. The molecule has 2 rings (SSSR count). The Kier molecular flexibility index (Phi) is 3.93. The first-order valence-corrected chi connectivity index (χ1v) is 6.75. The predicted molar refractivity (Wildman–Crippen MR) is 72.5 cm³/mol. The van der Waals surface area contributed by atoms with E-state index in [0.717, 1.165) is 37.0 Å². The molecular formula is C15H23NO2. The number of benzene rings is 1. The molecule has 0 spiro atoms. The molecule has 1 aliphatic rings. The molecular weight excluding hydrogens is 226 g/mol. The molecule has 0 aliphatic heterocycles. The number of ether oxygens (including phenoxy) is 1. The maximum Gasteiger partial charge on any atom is 0.119 e. The molecule has 3 N–H and O–H groups in total. The lowest BCUT2D eigenvalue weighted by atomic mass is 9.78. The standard InChI is InChI=1S/C15H23NO2/c1-11(2)18-14-5-3-12(4-6-14)15(17)9-7-13(16)8-10-15/h3-6,11,13,17H,7-10,16H2,1-2H3. The van der Waals surface area contributed by atoms with Crippen LogP contribution in [0.2, 0.25) is 0 Å². The Morgan fingerprint density at radius 1 is 1.22 bits per heavy atom. The van der Waals surface area contributed by atoms with E-state index in [4.69, 9.17) is 10.5 Å². The van der Waals surface area contributed by atoms with E-state index in [1.165, 1.54) is 0 Å². The van der Waals surface area contributed by atoms with Gasteiger partial charge in [-0.3, -0.25) is 0 Å². The molecule has 18 heavy (non-hydrogen) atoms. The maximum absolute atomic E-state index is 10.6. The van der Waals surface area contributed by atoms with Crippen molar-refractivity contribution < 1.29 is 9.84 Å². The smallest absolute Gasteiger partial charge is 0.119 e. The van der Waals surface area contributed by atoms with Crippen LogP contribution in [-0.4, -0.2) is 17.3 Å². The summed E-state index contributed by atoms with van der Waals surface area (Å²) in [6.07, 6.45) is 3.45. The van der Waals surface area contributed by atoms with E-state index in [2.05, 4.69) is 0 Å². The van der Waals surface area contributed by atoms with E-state index < -0.39 is 5.60 Å². The second kappa shape index (κ2) is 5.29. The van der Waals surface area contributed by atoms with E-state index in [-0.39, 0.29) is 12.1 Å². The molecule has 100 valence electrons. The van der Waals surface area contributed by atoms with Gasteiger partial charge in [-0.15, -0.1) is 0 Å². The Bertz CT molecular complexity index is 378. The van der Waals surface area contributed by atoms with Crippen molar-refractivity contribution in [1.29, 1.82) is 0 Å². The molecule has 3 heteroatoms. The first-order chi connectivity index (χ1) is 8.49. The Balaban J connectivity index is 2.09. The van der Waals surface area contributed by atoms with Crippen LogP contribution in [0.4, 0.5) is 0 Å². The molecule has 0 radical (unpaired) electrons. The fraction of sp³-hybridized carbons (Fsp3) is 0.600. The summed E-state index contributed by atoms with van der Waals surface area (Å²) in [6, 6.07) is 8.04. The number of hydrogen-bond donors (Lipinski definition) is 2. The van der Waals surface area contributed by atoms with E-state index in [0.29, 0.717) is 0 Å². The average Bonchev–Trinajstić information content (AvgIpc) is 2.33. The van der Waals surface area contributed by atoms with Gasteiger partial charge in [0.15, 0.2) is 0 Å². The van der Waals surface area contributed by atoms with Crippen LogP contribution in [0.25, 0.3) is 0 Å². The molecule has 0 atom stereocenters. The quantitative estimate of drug-likeness (QED) is 0.865. The normalized spacial score (nSPS) is 28.4. The van der Waals surface area contributed by atoms with Crippen LogP contribution in [0.5, 0.6) is 5.75 Å². The number of rotatable bonds is 3. The largest absolute Gasteiger partial charge is 0.491 e. The average molecular weight is 249 g/mol. The van der Waals surface area contributed by atoms with Crippen molar-refractivity contribution in [2.24, 2.45) is 5.73 Å². The van der Waals surface area contributed by atoms with Gasteiger partial charge < -0.3 is 15.6 Å². The zero-order valence-corrected chi connectivity index (χ0v) is 11.2. The van der Waals surface area contributed by atoms with Crippen molar-refractivity contribution in [2.75, 3.05) is 0 Å². The third-order valence-electron chi connectivity index (χ3n) is 3.62. The van der Waals surface area contributed by atoms with Gasteiger partial charge in [0.05, 0.1) is 11.7 Å². The zero-order valence-electron chi connectivity index (χ0n) is 11.2. The van der Waals surface area contributed by atoms with Gasteiger partial charge in [0.25, 0.3) is 0 Å². The number of hydrogen-bond acceptors (Lipinski definition) is 3. The predicted octanol–water partition coefficient (Wildman–Crippen LogP) is 2.56. The van der Waals surface area contributed by atoms with Crippen molar-refractivity contribution in [3.63, 3.8) is 0 Å². The Labute approximate surface area is 109 Å². The van der Waals surface area contributed by atoms with Crippen LogP contribution < -0.4 is 10.5 Å². The highest BCUT2D eigenvalue weighted by Gasteiger charge is 2.33. The van der Waals surface area contributed by atoms with Gasteiger partial charge in [0, 0.05) is 6.04 Å². The second-order valence-electron chi connectivity index (χ2n) is 5.56. The second-order valence-corrected chi connectivity index (χ2v) is 5.56. The molecule has 1 aromatic carbocycles. The van der Waals surface area contributed by atoms with Crippen LogP contribution in [-0.2, 0) is 5.60 Å². The Morgan fingerprint density at radius 3 is 2.28 bits per heavy atom. The number of nitrogens with two attached hydrogens (primary N) is 1. The molecule has 0 unspecified atom stereocenters. The highest BCUT2D eigenvalue weighted by Crippen LogP contribution is 2.37. The number of aliphatic hydroxyl groups is 1. The summed E-state index contributed by atoms with van der Waals surface area (Å²) in [5.41, 5.74) is 6.16. The van der Waals surface area contributed by atoms with Gasteiger partial charge >= 0.3 is 0 Å². The lowest BCUT2D eigenvalue weighted by molar-refractivity contribution is -0.00500. The zero-order chi connectivity index (χ0) is 13.2. The monoisotopic (exact) mass is 249 g/mol. The van der Waals surface area contributed by atoms with Crippen LogP contribution >= 0.6 is 0 Å². The third kappa shape index (κ3) is 3.03. The van der Waals surface area contributed by atoms with Gasteiger partial charge in [-0.2, -0.15) is 0 Å². The van der Waals surface area contributed by atoms with Crippen molar-refractivity contribution in [3.05, 3.63) is 29.8 Å². The summed E-state index contributed by atoms with van der Waals surface area (Å²) in [6.45, 7) is 4.01. The third-order valence-corrected chi connectivity index (χ3v) is 3.62. The minimum atomic E-state index is -0.702. The first-order valence-electron chi connectivity index (χ1n) is 6.75. The Hall–Kier alpha value is -1.06. The summed E-state index contributed by atoms with van der Waals surface area (Å²) < 4.78 is 5.60. The summed E-state index contributed by atoms with van der Waals surface area (Å²) in [7, 11) is 0. The van der Waals surface area contributed by atoms with Crippen LogP contribution in [0.3, 0.4) is 0 Å². The van der Waals surface area contributed by atoms with Crippen LogP contribution in [0.15, 0.2) is 24.3 Å². The molecule has 1 fully saturated rings. The molecule has 3 nitrogen and oxygen atoms in total. The van der Waals surface area contributed by atoms with Crippen molar-refractivity contribution in [3.8, 4) is 5.75 Å². The highest BCUT2D eigenvalue weighted by atomic mass is 16.5. The molecule has 0 aromatic heterocycles. The van der Waals surface area contributed by atoms with Crippen molar-refractivity contribution in [1.82, 2.24) is 0 Å². The summed E-state index contributed by atoms with van der Waals surface area (Å²) in [5, 5.41) is 10.6. The summed E-state index contributed by atoms with van der Waals surface area (Å²) in [5.74, 6) is 0.852. The minimum Gasteiger partial charge on any atom is -0.491 e. The molecule has 1 aliphatic carbocycles. The topological polar surface area (TPSA) is 55.5 Å². The Morgan fingerprint density at radius 2 is 1.78 bits per heavy atom. The molecule has 0 bridgehead atoms. The van der Waals surface area contributed by atoms with E-state index in [9.17, 15) is 5.11 Å². The lowest BCUT2D eigenvalue weighted by Gasteiger charge is -2.35. The van der Waals surface area contributed by atoms with Gasteiger partial charge in [-0.25, -0.2) is 0 Å². The van der Waals surface area contributed by atoms with Gasteiger partial charge in [0.2, 0.25) is 0 Å². The highest BCUT2D eigenvalue weighted by molar-refractivity contribution is 5.31. The van der Waals surface area contributed by atoms with Crippen LogP contribution in [0.1, 0.15) is 45.1 Å². The molecule has 1 aromatic rings. The molecule has 0 heterocycles. The fourth-order valence-electron chi connectivity index (χ4n) is 2.52. The fourth-order valence-corrected chi connectivity index (χ4v) is 2.52. The van der Waals surface area contributed by atoms with Gasteiger partial charge in [-0.05, 0) is 57.2 Å². The van der Waals surface area contributed by atoms with Crippen molar-refractivity contribution in [2.45, 2.75) is 57.3 Å². The van der Waals surface area contributed by atoms with E-state index >= 15 is 0 Å².